The van der Waals surface area contributed by atoms with Crippen LogP contribution in [-0.4, -0.2) is 28.5 Å². The van der Waals surface area contributed by atoms with E-state index in [0.717, 1.165) is 46.7 Å². The Morgan fingerprint density at radius 1 is 1.08 bits per heavy atom. The third kappa shape index (κ3) is 3.91. The third-order valence-corrected chi connectivity index (χ3v) is 8.82. The van der Waals surface area contributed by atoms with Gasteiger partial charge in [0.1, 0.15) is 5.69 Å². The number of nitrogens with zero attached hydrogens (tertiary/aromatic N) is 1. The molecule has 0 saturated heterocycles. The zero-order valence-corrected chi connectivity index (χ0v) is 21.4. The Balaban J connectivity index is 1.16. The molecular weight excluding hydrogens is 484 g/mol. The summed E-state index contributed by atoms with van der Waals surface area (Å²) in [6.45, 7) is 2.04. The number of nitrogens with one attached hydrogen (secondary N) is 3. The van der Waals surface area contributed by atoms with Crippen LogP contribution in [0.25, 0.3) is 0 Å². The van der Waals surface area contributed by atoms with Crippen LogP contribution in [0.15, 0.2) is 71.8 Å². The number of benzene rings is 2. The van der Waals surface area contributed by atoms with Crippen molar-refractivity contribution in [2.45, 2.75) is 48.5 Å². The number of hydrogen-bond acceptors (Lipinski definition) is 5. The van der Waals surface area contributed by atoms with Gasteiger partial charge in [0.25, 0.3) is 5.91 Å². The molecule has 8 heteroatoms. The maximum absolute atomic E-state index is 13.4. The average molecular weight is 513 g/mol. The topological polar surface area (TPSA) is 100 Å². The molecule has 1 aromatic heterocycles. The number of amides is 3. The summed E-state index contributed by atoms with van der Waals surface area (Å²) in [7, 11) is 0. The molecule has 2 saturated carbocycles. The molecule has 6 rings (SSSR count). The van der Waals surface area contributed by atoms with Crippen LogP contribution in [0, 0.1) is 5.92 Å². The molecule has 3 aromatic rings. The second-order valence-electron chi connectivity index (χ2n) is 9.97. The average Bonchev–Trinajstić information content (AvgIpc) is 3.58. The SMILES string of the molecule is CCSc1cccnc1C(=O)Nc1ccc(C2(NC(=O)[C@H]3C[C@@]34C(=O)Nc3ccccc34)CCC2)cc1. The van der Waals surface area contributed by atoms with Crippen LogP contribution < -0.4 is 16.0 Å². The maximum atomic E-state index is 13.4. The molecular formula is C29H28N4O3S. The van der Waals surface area contributed by atoms with Crippen LogP contribution >= 0.6 is 11.8 Å². The predicted octanol–water partition coefficient (Wildman–Crippen LogP) is 4.85. The van der Waals surface area contributed by atoms with Gasteiger partial charge in [-0.05, 0) is 72.9 Å². The molecule has 2 heterocycles. The Bertz CT molecular complexity index is 1400. The summed E-state index contributed by atoms with van der Waals surface area (Å²) in [5.74, 6) is 0.101. The number of pyridine rings is 1. The van der Waals surface area contributed by atoms with Gasteiger partial charge in [0, 0.05) is 22.5 Å². The Morgan fingerprint density at radius 2 is 1.86 bits per heavy atom. The summed E-state index contributed by atoms with van der Waals surface area (Å²) >= 11 is 1.58. The summed E-state index contributed by atoms with van der Waals surface area (Å²) in [4.78, 5) is 44.2. The maximum Gasteiger partial charge on any atom is 0.275 e. The van der Waals surface area contributed by atoms with Crippen molar-refractivity contribution in [3.8, 4) is 0 Å². The minimum Gasteiger partial charge on any atom is -0.346 e. The fourth-order valence-electron chi connectivity index (χ4n) is 5.70. The van der Waals surface area contributed by atoms with Crippen LogP contribution in [-0.2, 0) is 20.5 Å². The Labute approximate surface area is 219 Å². The number of para-hydroxylation sites is 1. The number of aromatic nitrogens is 1. The highest BCUT2D eigenvalue weighted by atomic mass is 32.2. The quantitative estimate of drug-likeness (QED) is 0.393. The number of fused-ring (bicyclic) bond motifs is 2. The minimum absolute atomic E-state index is 0.0694. The van der Waals surface area contributed by atoms with Crippen LogP contribution in [0.2, 0.25) is 0 Å². The molecule has 2 aliphatic carbocycles. The molecule has 2 aromatic carbocycles. The van der Waals surface area contributed by atoms with Gasteiger partial charge >= 0.3 is 0 Å². The summed E-state index contributed by atoms with van der Waals surface area (Å²) < 4.78 is 0. The third-order valence-electron chi connectivity index (χ3n) is 7.89. The summed E-state index contributed by atoms with van der Waals surface area (Å²) in [5.41, 5.74) is 2.66. The Kier molecular flexibility index (Phi) is 5.79. The Morgan fingerprint density at radius 3 is 2.59 bits per heavy atom. The van der Waals surface area contributed by atoms with Gasteiger partial charge in [-0.25, -0.2) is 4.98 Å². The normalized spacial score (nSPS) is 22.5. The fraction of sp³-hybridized carbons (Fsp3) is 0.310. The molecule has 2 atom stereocenters. The van der Waals surface area contributed by atoms with Crippen molar-refractivity contribution in [2.24, 2.45) is 5.92 Å². The van der Waals surface area contributed by atoms with Crippen molar-refractivity contribution in [3.05, 3.63) is 83.7 Å². The van der Waals surface area contributed by atoms with Gasteiger partial charge in [-0.3, -0.25) is 14.4 Å². The van der Waals surface area contributed by atoms with Crippen molar-refractivity contribution in [1.29, 1.82) is 0 Å². The Hall–Kier alpha value is -3.65. The second kappa shape index (κ2) is 9.03. The summed E-state index contributed by atoms with van der Waals surface area (Å²) in [5, 5.41) is 9.18. The van der Waals surface area contributed by atoms with E-state index in [4.69, 9.17) is 0 Å². The van der Waals surface area contributed by atoms with Crippen LogP contribution in [0.1, 0.15) is 54.2 Å². The summed E-state index contributed by atoms with van der Waals surface area (Å²) in [6, 6.07) is 19.1. The lowest BCUT2D eigenvalue weighted by Crippen LogP contribution is -2.52. The number of rotatable bonds is 7. The first-order chi connectivity index (χ1) is 18.0. The second-order valence-corrected chi connectivity index (χ2v) is 11.3. The highest BCUT2D eigenvalue weighted by Gasteiger charge is 2.68. The molecule has 0 radical (unpaired) electrons. The van der Waals surface area contributed by atoms with E-state index < -0.39 is 11.0 Å². The molecule has 1 aliphatic heterocycles. The number of carbonyl (C=O) groups is 3. The van der Waals surface area contributed by atoms with Crippen molar-refractivity contribution in [2.75, 3.05) is 16.4 Å². The first-order valence-electron chi connectivity index (χ1n) is 12.7. The van der Waals surface area contributed by atoms with Crippen molar-refractivity contribution in [3.63, 3.8) is 0 Å². The number of carbonyl (C=O) groups excluding carboxylic acids is 3. The van der Waals surface area contributed by atoms with Crippen molar-refractivity contribution < 1.29 is 14.4 Å². The highest BCUT2D eigenvalue weighted by Crippen LogP contribution is 2.60. The van der Waals surface area contributed by atoms with Crippen LogP contribution in [0.3, 0.4) is 0 Å². The first-order valence-corrected chi connectivity index (χ1v) is 13.7. The smallest absolute Gasteiger partial charge is 0.275 e. The molecule has 0 unspecified atom stereocenters. The lowest BCUT2D eigenvalue weighted by molar-refractivity contribution is -0.128. The molecule has 188 valence electrons. The summed E-state index contributed by atoms with van der Waals surface area (Å²) in [6.07, 6.45) is 4.87. The van der Waals surface area contributed by atoms with Gasteiger partial charge in [-0.15, -0.1) is 11.8 Å². The van der Waals surface area contributed by atoms with Crippen molar-refractivity contribution in [1.82, 2.24) is 10.3 Å². The van der Waals surface area contributed by atoms with E-state index in [1.807, 2.05) is 67.6 Å². The van der Waals surface area contributed by atoms with E-state index in [0.29, 0.717) is 17.8 Å². The number of thioether (sulfide) groups is 1. The first kappa shape index (κ1) is 23.7. The van der Waals surface area contributed by atoms with E-state index in [1.54, 1.807) is 18.0 Å². The molecule has 37 heavy (non-hydrogen) atoms. The van der Waals surface area contributed by atoms with E-state index in [1.165, 1.54) is 0 Å². The largest absolute Gasteiger partial charge is 0.346 e. The molecule has 7 nitrogen and oxygen atoms in total. The monoisotopic (exact) mass is 512 g/mol. The zero-order valence-electron chi connectivity index (χ0n) is 20.5. The number of hydrogen-bond donors (Lipinski definition) is 3. The molecule has 3 aliphatic rings. The standard InChI is InChI=1S/C29H28N4O3S/c1-2-37-23-9-5-16-30-24(23)26(35)31-19-12-10-18(11-13-19)28(14-6-15-28)33-25(34)21-17-29(21)20-7-3-4-8-22(20)32-27(29)36/h3-5,7-13,16,21H,2,6,14-15,17H2,1H3,(H,31,35)(H,32,36)(H,33,34)/t21-,29+/m1/s1. The van der Waals surface area contributed by atoms with Gasteiger partial charge in [0.15, 0.2) is 0 Å². The molecule has 0 bridgehead atoms. The lowest BCUT2D eigenvalue weighted by atomic mass is 9.71. The van der Waals surface area contributed by atoms with E-state index in [2.05, 4.69) is 20.9 Å². The van der Waals surface area contributed by atoms with Gasteiger partial charge in [0.05, 0.1) is 16.9 Å². The van der Waals surface area contributed by atoms with E-state index >= 15 is 0 Å². The fourth-order valence-corrected chi connectivity index (χ4v) is 6.47. The van der Waals surface area contributed by atoms with Crippen LogP contribution in [0.4, 0.5) is 11.4 Å². The van der Waals surface area contributed by atoms with Gasteiger partial charge < -0.3 is 16.0 Å². The molecule has 1 spiro atoms. The van der Waals surface area contributed by atoms with Gasteiger partial charge in [0.2, 0.25) is 11.8 Å². The predicted molar refractivity (Wildman–Crippen MR) is 144 cm³/mol. The zero-order chi connectivity index (χ0) is 25.6. The van der Waals surface area contributed by atoms with Gasteiger partial charge in [-0.1, -0.05) is 37.3 Å². The lowest BCUT2D eigenvalue weighted by Gasteiger charge is -2.43. The minimum atomic E-state index is -0.736. The van der Waals surface area contributed by atoms with Crippen LogP contribution in [0.5, 0.6) is 0 Å². The van der Waals surface area contributed by atoms with E-state index in [9.17, 15) is 14.4 Å². The molecule has 3 amide bonds. The van der Waals surface area contributed by atoms with E-state index in [-0.39, 0.29) is 23.6 Å². The molecule has 3 N–H and O–H groups in total. The van der Waals surface area contributed by atoms with Gasteiger partial charge in [-0.2, -0.15) is 0 Å². The van der Waals surface area contributed by atoms with Crippen molar-refractivity contribution >= 4 is 40.9 Å². The number of anilines is 2. The highest BCUT2D eigenvalue weighted by molar-refractivity contribution is 7.99. The molecule has 2 fully saturated rings.